The fraction of sp³-hybridized carbons (Fsp3) is 0.455. The summed E-state index contributed by atoms with van der Waals surface area (Å²) < 4.78 is 31.3. The molecule has 0 unspecified atom stereocenters. The maximum Gasteiger partial charge on any atom is 0.289 e. The first-order chi connectivity index (χ1) is 8.99. The summed E-state index contributed by atoms with van der Waals surface area (Å²) in [6.45, 7) is 3.03. The van der Waals surface area contributed by atoms with E-state index in [1.165, 1.54) is 18.2 Å². The van der Waals surface area contributed by atoms with Gasteiger partial charge in [-0.15, -0.1) is 0 Å². The fourth-order valence-electron chi connectivity index (χ4n) is 1.44. The lowest BCUT2D eigenvalue weighted by atomic mass is 10.3. The van der Waals surface area contributed by atoms with Crippen LogP contribution in [0.1, 0.15) is 13.3 Å². The largest absolute Gasteiger partial charge is 0.382 e. The normalized spacial score (nSPS) is 11.4. The summed E-state index contributed by atoms with van der Waals surface area (Å²) in [5.74, 6) is 0. The summed E-state index contributed by atoms with van der Waals surface area (Å²) in [5.41, 5.74) is -0.431. The number of nitrogens with one attached hydrogen (secondary N) is 1. The lowest BCUT2D eigenvalue weighted by molar-refractivity contribution is -0.387. The van der Waals surface area contributed by atoms with Gasteiger partial charge >= 0.3 is 0 Å². The summed E-state index contributed by atoms with van der Waals surface area (Å²) in [7, 11) is -3.87. The number of benzene rings is 1. The highest BCUT2D eigenvalue weighted by atomic mass is 32.2. The molecule has 0 fully saturated rings. The second kappa shape index (κ2) is 7.17. The minimum absolute atomic E-state index is 0.175. The van der Waals surface area contributed by atoms with Gasteiger partial charge in [-0.1, -0.05) is 12.1 Å². The topological polar surface area (TPSA) is 98.5 Å². The minimum atomic E-state index is -3.87. The van der Waals surface area contributed by atoms with Crippen LogP contribution >= 0.6 is 0 Å². The number of nitro groups is 1. The molecule has 0 saturated carbocycles. The molecule has 0 bridgehead atoms. The molecular formula is C11H16N2O5S. The van der Waals surface area contributed by atoms with Crippen molar-refractivity contribution < 1.29 is 18.1 Å². The van der Waals surface area contributed by atoms with Gasteiger partial charge in [0, 0.05) is 25.8 Å². The number of sulfonamides is 1. The summed E-state index contributed by atoms with van der Waals surface area (Å²) in [4.78, 5) is 9.74. The van der Waals surface area contributed by atoms with Crippen LogP contribution in [0, 0.1) is 10.1 Å². The third-order valence-electron chi connectivity index (χ3n) is 2.31. The van der Waals surface area contributed by atoms with E-state index in [1.807, 2.05) is 6.92 Å². The van der Waals surface area contributed by atoms with E-state index in [2.05, 4.69) is 4.72 Å². The van der Waals surface area contributed by atoms with Gasteiger partial charge in [0.15, 0.2) is 4.90 Å². The second-order valence-corrected chi connectivity index (χ2v) is 5.41. The second-order valence-electron chi connectivity index (χ2n) is 3.67. The van der Waals surface area contributed by atoms with Gasteiger partial charge in [-0.3, -0.25) is 10.1 Å². The zero-order valence-electron chi connectivity index (χ0n) is 10.5. The Morgan fingerprint density at radius 2 is 2.05 bits per heavy atom. The van der Waals surface area contributed by atoms with Crippen LogP contribution < -0.4 is 4.72 Å². The molecule has 106 valence electrons. The van der Waals surface area contributed by atoms with Gasteiger partial charge in [0.05, 0.1) is 4.92 Å². The number of para-hydroxylation sites is 1. The Morgan fingerprint density at radius 3 is 2.68 bits per heavy atom. The first-order valence-electron chi connectivity index (χ1n) is 5.80. The van der Waals surface area contributed by atoms with Crippen LogP contribution in [0.5, 0.6) is 0 Å². The molecule has 0 saturated heterocycles. The molecule has 0 amide bonds. The fourth-order valence-corrected chi connectivity index (χ4v) is 2.68. The summed E-state index contributed by atoms with van der Waals surface area (Å²) in [6, 6.07) is 5.24. The number of hydrogen-bond acceptors (Lipinski definition) is 5. The van der Waals surface area contributed by atoms with E-state index in [1.54, 1.807) is 0 Å². The van der Waals surface area contributed by atoms with Crippen molar-refractivity contribution in [2.75, 3.05) is 19.8 Å². The monoisotopic (exact) mass is 288 g/mol. The number of ether oxygens (including phenoxy) is 1. The van der Waals surface area contributed by atoms with Gasteiger partial charge < -0.3 is 4.74 Å². The Hall–Kier alpha value is -1.51. The quantitative estimate of drug-likeness (QED) is 0.441. The summed E-state index contributed by atoms with van der Waals surface area (Å²) in [6.07, 6.45) is 0.508. The van der Waals surface area contributed by atoms with Crippen molar-refractivity contribution in [3.8, 4) is 0 Å². The van der Waals surface area contributed by atoms with Crippen molar-refractivity contribution in [3.63, 3.8) is 0 Å². The highest BCUT2D eigenvalue weighted by Crippen LogP contribution is 2.22. The Balaban J connectivity index is 2.75. The molecule has 0 aliphatic carbocycles. The molecule has 19 heavy (non-hydrogen) atoms. The molecule has 0 spiro atoms. The van der Waals surface area contributed by atoms with Crippen LogP contribution in [0.25, 0.3) is 0 Å². The number of hydrogen-bond donors (Lipinski definition) is 1. The molecule has 1 N–H and O–H groups in total. The Bertz CT molecular complexity index is 530. The molecule has 8 heteroatoms. The van der Waals surface area contributed by atoms with Gasteiger partial charge in [-0.2, -0.15) is 0 Å². The van der Waals surface area contributed by atoms with E-state index in [4.69, 9.17) is 4.74 Å². The molecule has 1 aromatic rings. The molecule has 0 aromatic heterocycles. The molecular weight excluding hydrogens is 272 g/mol. The predicted molar refractivity (Wildman–Crippen MR) is 69.4 cm³/mol. The van der Waals surface area contributed by atoms with Crippen LogP contribution in [-0.2, 0) is 14.8 Å². The molecule has 1 aromatic carbocycles. The van der Waals surface area contributed by atoms with Crippen LogP contribution in [-0.4, -0.2) is 33.1 Å². The molecule has 0 radical (unpaired) electrons. The average Bonchev–Trinajstić information content (AvgIpc) is 2.38. The van der Waals surface area contributed by atoms with Crippen LogP contribution in [0.15, 0.2) is 29.2 Å². The van der Waals surface area contributed by atoms with Crippen molar-refractivity contribution >= 4 is 15.7 Å². The Labute approximate surface area is 111 Å². The summed E-state index contributed by atoms with van der Waals surface area (Å²) in [5, 5.41) is 10.8. The maximum atomic E-state index is 11.9. The van der Waals surface area contributed by atoms with E-state index in [9.17, 15) is 18.5 Å². The van der Waals surface area contributed by atoms with Gasteiger partial charge in [0.1, 0.15) is 0 Å². The van der Waals surface area contributed by atoms with Crippen LogP contribution in [0.2, 0.25) is 0 Å². The third kappa shape index (κ3) is 4.58. The smallest absolute Gasteiger partial charge is 0.289 e. The predicted octanol–water partition coefficient (Wildman–Crippen LogP) is 1.30. The minimum Gasteiger partial charge on any atom is -0.382 e. The van der Waals surface area contributed by atoms with E-state index in [0.29, 0.717) is 19.6 Å². The van der Waals surface area contributed by atoms with Gasteiger partial charge in [-0.25, -0.2) is 13.1 Å². The molecule has 0 aliphatic rings. The van der Waals surface area contributed by atoms with E-state index in [0.717, 1.165) is 6.07 Å². The first-order valence-corrected chi connectivity index (χ1v) is 7.28. The highest BCUT2D eigenvalue weighted by molar-refractivity contribution is 7.89. The SMILES string of the molecule is CCOCCCNS(=O)(=O)c1ccccc1[N+](=O)[O-]. The van der Waals surface area contributed by atoms with Gasteiger partial charge in [0.2, 0.25) is 10.0 Å². The van der Waals surface area contributed by atoms with Crippen molar-refractivity contribution in [1.29, 1.82) is 0 Å². The van der Waals surface area contributed by atoms with Crippen molar-refractivity contribution in [2.24, 2.45) is 0 Å². The number of nitro benzene ring substituents is 1. The first kappa shape index (κ1) is 15.5. The van der Waals surface area contributed by atoms with Gasteiger partial charge in [-0.05, 0) is 19.4 Å². The molecule has 0 aliphatic heterocycles. The highest BCUT2D eigenvalue weighted by Gasteiger charge is 2.24. The Morgan fingerprint density at radius 1 is 1.37 bits per heavy atom. The maximum absolute atomic E-state index is 11.9. The van der Waals surface area contributed by atoms with E-state index in [-0.39, 0.29) is 11.4 Å². The van der Waals surface area contributed by atoms with E-state index >= 15 is 0 Å². The van der Waals surface area contributed by atoms with Crippen LogP contribution in [0.4, 0.5) is 5.69 Å². The Kier molecular flexibility index (Phi) is 5.87. The summed E-state index contributed by atoms with van der Waals surface area (Å²) >= 11 is 0. The molecule has 0 heterocycles. The van der Waals surface area contributed by atoms with Crippen LogP contribution in [0.3, 0.4) is 0 Å². The van der Waals surface area contributed by atoms with Crippen molar-refractivity contribution in [2.45, 2.75) is 18.2 Å². The standard InChI is InChI=1S/C11H16N2O5S/c1-2-18-9-5-8-12-19(16,17)11-7-4-3-6-10(11)13(14)15/h3-4,6-7,12H,2,5,8-9H2,1H3. The molecule has 7 nitrogen and oxygen atoms in total. The van der Waals surface area contributed by atoms with Crippen molar-refractivity contribution in [1.82, 2.24) is 4.72 Å². The molecule has 1 rings (SSSR count). The van der Waals surface area contributed by atoms with Gasteiger partial charge in [0.25, 0.3) is 5.69 Å². The lowest BCUT2D eigenvalue weighted by Crippen LogP contribution is -2.26. The van der Waals surface area contributed by atoms with E-state index < -0.39 is 20.6 Å². The average molecular weight is 288 g/mol. The number of nitrogens with zero attached hydrogens (tertiary/aromatic N) is 1. The number of rotatable bonds is 8. The third-order valence-corrected chi connectivity index (χ3v) is 3.82. The lowest BCUT2D eigenvalue weighted by Gasteiger charge is -2.07. The zero-order chi connectivity index (χ0) is 14.3. The zero-order valence-corrected chi connectivity index (χ0v) is 11.4. The molecule has 0 atom stereocenters. The van der Waals surface area contributed by atoms with Crippen molar-refractivity contribution in [3.05, 3.63) is 34.4 Å².